The zero-order valence-electron chi connectivity index (χ0n) is 17.6. The zero-order chi connectivity index (χ0) is 23.2. The van der Waals surface area contributed by atoms with Crippen molar-refractivity contribution in [3.8, 4) is 10.7 Å². The lowest BCUT2D eigenvalue weighted by Gasteiger charge is -2.09. The van der Waals surface area contributed by atoms with Crippen molar-refractivity contribution in [2.75, 3.05) is 16.4 Å². The van der Waals surface area contributed by atoms with E-state index in [1.165, 1.54) is 11.8 Å². The summed E-state index contributed by atoms with van der Waals surface area (Å²) in [5, 5.41) is 17.3. The van der Waals surface area contributed by atoms with Gasteiger partial charge in [-0.1, -0.05) is 41.6 Å². The normalized spacial score (nSPS) is 10.7. The van der Waals surface area contributed by atoms with Gasteiger partial charge in [0.25, 0.3) is 5.91 Å². The molecule has 4 aromatic rings. The van der Waals surface area contributed by atoms with Crippen LogP contribution in [0.2, 0.25) is 5.02 Å². The maximum absolute atomic E-state index is 12.4. The van der Waals surface area contributed by atoms with Gasteiger partial charge >= 0.3 is 0 Å². The first-order chi connectivity index (χ1) is 16.0. The Morgan fingerprint density at radius 3 is 2.39 bits per heavy atom. The van der Waals surface area contributed by atoms with Crippen LogP contribution in [0, 0.1) is 0 Å². The Kier molecular flexibility index (Phi) is 7.43. The molecular formula is C23H20ClN5O2S2. The number of thioether (sulfide) groups is 1. The third-order valence-electron chi connectivity index (χ3n) is 4.65. The average Bonchev–Trinajstić information content (AvgIpc) is 3.48. The SMILES string of the molecule is CCn1c(SCC(=O)Nc2ccc(NC(=O)c3ccccc3Cl)cc2)nnc1-c1cccs1. The molecule has 2 aromatic heterocycles. The van der Waals surface area contributed by atoms with E-state index < -0.39 is 0 Å². The van der Waals surface area contributed by atoms with Crippen LogP contribution in [0.1, 0.15) is 17.3 Å². The summed E-state index contributed by atoms with van der Waals surface area (Å²) in [6, 6.07) is 17.7. The molecule has 2 N–H and O–H groups in total. The summed E-state index contributed by atoms with van der Waals surface area (Å²) >= 11 is 9.01. The highest BCUT2D eigenvalue weighted by Crippen LogP contribution is 2.27. The molecule has 2 heterocycles. The highest BCUT2D eigenvalue weighted by Gasteiger charge is 2.15. The Labute approximate surface area is 204 Å². The van der Waals surface area contributed by atoms with Crippen LogP contribution < -0.4 is 10.6 Å². The van der Waals surface area contributed by atoms with Crippen LogP contribution in [-0.4, -0.2) is 32.3 Å². The summed E-state index contributed by atoms with van der Waals surface area (Å²) in [6.45, 7) is 2.74. The van der Waals surface area contributed by atoms with Crippen molar-refractivity contribution < 1.29 is 9.59 Å². The number of benzene rings is 2. The molecule has 10 heteroatoms. The first-order valence-electron chi connectivity index (χ1n) is 10.1. The molecule has 0 saturated heterocycles. The van der Waals surface area contributed by atoms with E-state index in [0.717, 1.165) is 10.7 Å². The fraction of sp³-hybridized carbons (Fsp3) is 0.130. The highest BCUT2D eigenvalue weighted by molar-refractivity contribution is 7.99. The largest absolute Gasteiger partial charge is 0.325 e. The van der Waals surface area contributed by atoms with Crippen molar-refractivity contribution in [3.63, 3.8) is 0 Å². The fourth-order valence-electron chi connectivity index (χ4n) is 3.08. The second-order valence-electron chi connectivity index (χ2n) is 6.88. The average molecular weight is 498 g/mol. The van der Waals surface area contributed by atoms with E-state index in [1.54, 1.807) is 59.9 Å². The third-order valence-corrected chi connectivity index (χ3v) is 6.81. The lowest BCUT2D eigenvalue weighted by Crippen LogP contribution is -2.15. The summed E-state index contributed by atoms with van der Waals surface area (Å²) < 4.78 is 2.00. The summed E-state index contributed by atoms with van der Waals surface area (Å²) in [6.07, 6.45) is 0. The number of anilines is 2. The van der Waals surface area contributed by atoms with Gasteiger partial charge in [-0.05, 0) is 54.8 Å². The number of nitrogens with one attached hydrogen (secondary N) is 2. The molecule has 4 rings (SSSR count). The monoisotopic (exact) mass is 497 g/mol. The molecule has 0 radical (unpaired) electrons. The second-order valence-corrected chi connectivity index (χ2v) is 9.17. The van der Waals surface area contributed by atoms with E-state index >= 15 is 0 Å². The molecule has 0 fully saturated rings. The quantitative estimate of drug-likeness (QED) is 0.306. The minimum absolute atomic E-state index is 0.156. The number of hydrogen-bond donors (Lipinski definition) is 2. The van der Waals surface area contributed by atoms with E-state index in [0.29, 0.717) is 33.7 Å². The number of carbonyl (C=O) groups is 2. The molecule has 0 unspecified atom stereocenters. The number of hydrogen-bond acceptors (Lipinski definition) is 6. The van der Waals surface area contributed by atoms with Gasteiger partial charge in [-0.15, -0.1) is 21.5 Å². The molecule has 2 aromatic carbocycles. The lowest BCUT2D eigenvalue weighted by atomic mass is 10.2. The molecule has 0 bridgehead atoms. The van der Waals surface area contributed by atoms with Crippen LogP contribution >= 0.6 is 34.7 Å². The third kappa shape index (κ3) is 5.62. The molecule has 0 aliphatic carbocycles. The van der Waals surface area contributed by atoms with Gasteiger partial charge < -0.3 is 15.2 Å². The number of thiophene rings is 1. The number of rotatable bonds is 8. The van der Waals surface area contributed by atoms with E-state index in [2.05, 4.69) is 20.8 Å². The van der Waals surface area contributed by atoms with Gasteiger partial charge in [0.05, 0.1) is 21.2 Å². The number of nitrogens with zero attached hydrogens (tertiary/aromatic N) is 3. The molecule has 0 aliphatic heterocycles. The first kappa shape index (κ1) is 23.0. The molecule has 0 saturated carbocycles. The minimum Gasteiger partial charge on any atom is -0.325 e. The Hall–Kier alpha value is -3.14. The molecule has 0 spiro atoms. The van der Waals surface area contributed by atoms with Gasteiger partial charge in [0, 0.05) is 17.9 Å². The topological polar surface area (TPSA) is 88.9 Å². The summed E-state index contributed by atoms with van der Waals surface area (Å²) in [4.78, 5) is 25.8. The van der Waals surface area contributed by atoms with Crippen molar-refractivity contribution >= 4 is 57.9 Å². The van der Waals surface area contributed by atoms with Crippen LogP contribution in [0.4, 0.5) is 11.4 Å². The van der Waals surface area contributed by atoms with E-state index in [9.17, 15) is 9.59 Å². The van der Waals surface area contributed by atoms with Crippen molar-refractivity contribution in [1.29, 1.82) is 0 Å². The fourth-order valence-corrected chi connectivity index (χ4v) is 4.82. The van der Waals surface area contributed by atoms with Crippen LogP contribution in [0.15, 0.2) is 71.2 Å². The van der Waals surface area contributed by atoms with E-state index in [-0.39, 0.29) is 17.6 Å². The van der Waals surface area contributed by atoms with Crippen LogP contribution in [-0.2, 0) is 11.3 Å². The van der Waals surface area contributed by atoms with Gasteiger partial charge in [-0.25, -0.2) is 0 Å². The van der Waals surface area contributed by atoms with E-state index in [4.69, 9.17) is 11.6 Å². The summed E-state index contributed by atoms with van der Waals surface area (Å²) in [5.74, 6) is 0.560. The molecule has 0 atom stereocenters. The predicted octanol–water partition coefficient (Wildman–Crippen LogP) is 5.66. The van der Waals surface area contributed by atoms with Gasteiger partial charge in [-0.2, -0.15) is 0 Å². The Balaban J connectivity index is 1.32. The maximum atomic E-state index is 12.4. The summed E-state index contributed by atoms with van der Waals surface area (Å²) in [5.41, 5.74) is 1.63. The number of carbonyl (C=O) groups excluding carboxylic acids is 2. The number of halogens is 1. The van der Waals surface area contributed by atoms with Gasteiger partial charge in [-0.3, -0.25) is 9.59 Å². The lowest BCUT2D eigenvalue weighted by molar-refractivity contribution is -0.113. The van der Waals surface area contributed by atoms with Crippen LogP contribution in [0.3, 0.4) is 0 Å². The second kappa shape index (κ2) is 10.7. The van der Waals surface area contributed by atoms with Gasteiger partial charge in [0.2, 0.25) is 5.91 Å². The van der Waals surface area contributed by atoms with Crippen molar-refractivity contribution in [2.45, 2.75) is 18.6 Å². The molecule has 168 valence electrons. The zero-order valence-corrected chi connectivity index (χ0v) is 20.0. The molecule has 2 amide bonds. The first-order valence-corrected chi connectivity index (χ1v) is 12.3. The minimum atomic E-state index is -0.296. The standard InChI is InChI=1S/C23H20ClN5O2S2/c1-2-29-21(19-8-5-13-32-19)27-28-23(29)33-14-20(30)25-15-9-11-16(12-10-15)26-22(31)17-6-3-4-7-18(17)24/h3-13H,2,14H2,1H3,(H,25,30)(H,26,31). The highest BCUT2D eigenvalue weighted by atomic mass is 35.5. The molecular weight excluding hydrogens is 478 g/mol. The van der Waals surface area contributed by atoms with Gasteiger partial charge in [0.1, 0.15) is 0 Å². The number of aromatic nitrogens is 3. The Bertz CT molecular complexity index is 1260. The van der Waals surface area contributed by atoms with E-state index in [1.807, 2.05) is 29.0 Å². The molecule has 0 aliphatic rings. The van der Waals surface area contributed by atoms with Crippen molar-refractivity contribution in [1.82, 2.24) is 14.8 Å². The van der Waals surface area contributed by atoms with Crippen LogP contribution in [0.25, 0.3) is 10.7 Å². The van der Waals surface area contributed by atoms with Crippen molar-refractivity contribution in [3.05, 3.63) is 76.6 Å². The Morgan fingerprint density at radius 2 is 1.73 bits per heavy atom. The van der Waals surface area contributed by atoms with Gasteiger partial charge in [0.15, 0.2) is 11.0 Å². The molecule has 33 heavy (non-hydrogen) atoms. The number of amides is 2. The Morgan fingerprint density at radius 1 is 1.00 bits per heavy atom. The molecule has 7 nitrogen and oxygen atoms in total. The summed E-state index contributed by atoms with van der Waals surface area (Å²) in [7, 11) is 0. The predicted molar refractivity (Wildman–Crippen MR) is 134 cm³/mol. The smallest absolute Gasteiger partial charge is 0.257 e. The van der Waals surface area contributed by atoms with Crippen molar-refractivity contribution in [2.24, 2.45) is 0 Å². The maximum Gasteiger partial charge on any atom is 0.257 e. The van der Waals surface area contributed by atoms with Crippen LogP contribution in [0.5, 0.6) is 0 Å².